The lowest BCUT2D eigenvalue weighted by Crippen LogP contribution is -2.31. The molecule has 0 amide bonds. The zero-order chi connectivity index (χ0) is 17.2. The number of fused-ring (bicyclic) bond motifs is 1. The molecule has 0 fully saturated rings. The number of nitrogens with zero attached hydrogens (tertiary/aromatic N) is 3. The van der Waals surface area contributed by atoms with E-state index in [0.717, 1.165) is 35.5 Å². The van der Waals surface area contributed by atoms with Crippen LogP contribution in [0.25, 0.3) is 0 Å². The molecule has 2 aromatic carbocycles. The lowest BCUT2D eigenvalue weighted by molar-refractivity contribution is 0.721. The van der Waals surface area contributed by atoms with Crippen LogP contribution in [-0.4, -0.2) is 16.5 Å². The van der Waals surface area contributed by atoms with Gasteiger partial charge in [-0.2, -0.15) is 0 Å². The first-order chi connectivity index (χ1) is 12.2. The first kappa shape index (κ1) is 15.9. The van der Waals surface area contributed by atoms with Gasteiger partial charge in [0.1, 0.15) is 12.0 Å². The highest BCUT2D eigenvalue weighted by Crippen LogP contribution is 2.33. The molecule has 0 radical (unpaired) electrons. The summed E-state index contributed by atoms with van der Waals surface area (Å²) in [5.74, 6) is 1.40. The summed E-state index contributed by atoms with van der Waals surface area (Å²) in [5.41, 5.74) is 10.6. The van der Waals surface area contributed by atoms with Crippen LogP contribution in [-0.2, 0) is 13.0 Å². The lowest BCUT2D eigenvalue weighted by atomic mass is 10.00. The van der Waals surface area contributed by atoms with Crippen LogP contribution >= 0.6 is 15.9 Å². The topological polar surface area (TPSA) is 67.1 Å². The monoisotopic (exact) mass is 395 g/mol. The molecule has 3 N–H and O–H groups in total. The zero-order valence-corrected chi connectivity index (χ0v) is 15.2. The summed E-state index contributed by atoms with van der Waals surface area (Å²) < 4.78 is 0.960. The average Bonchev–Trinajstić information content (AvgIpc) is 2.65. The number of nitrogens with two attached hydrogens (primary N) is 1. The molecule has 0 aliphatic carbocycles. The third-order valence-corrected chi connectivity index (χ3v) is 5.11. The van der Waals surface area contributed by atoms with E-state index < -0.39 is 0 Å². The van der Waals surface area contributed by atoms with Crippen molar-refractivity contribution in [1.29, 1.82) is 0 Å². The van der Waals surface area contributed by atoms with E-state index >= 15 is 0 Å². The number of aromatic nitrogens is 2. The second kappa shape index (κ2) is 6.72. The predicted octanol–water partition coefficient (Wildman–Crippen LogP) is 4.13. The third-order valence-electron chi connectivity index (χ3n) is 4.42. The van der Waals surface area contributed by atoms with Crippen molar-refractivity contribution in [3.05, 3.63) is 70.5 Å². The van der Waals surface area contributed by atoms with E-state index in [9.17, 15) is 0 Å². The van der Waals surface area contributed by atoms with Gasteiger partial charge in [-0.15, -0.1) is 0 Å². The van der Waals surface area contributed by atoms with Crippen molar-refractivity contribution in [3.63, 3.8) is 0 Å². The molecular weight excluding hydrogens is 378 g/mol. The average molecular weight is 396 g/mol. The molecule has 25 heavy (non-hydrogen) atoms. The molecule has 0 unspecified atom stereocenters. The number of hydrogen-bond donors (Lipinski definition) is 2. The van der Waals surface area contributed by atoms with Crippen molar-refractivity contribution in [2.45, 2.75) is 13.0 Å². The molecule has 6 heteroatoms. The van der Waals surface area contributed by atoms with Crippen molar-refractivity contribution >= 4 is 38.9 Å². The number of nitrogens with one attached hydrogen (secondary N) is 1. The maximum atomic E-state index is 6.39. The van der Waals surface area contributed by atoms with Crippen molar-refractivity contribution < 1.29 is 0 Å². The quantitative estimate of drug-likeness (QED) is 0.697. The van der Waals surface area contributed by atoms with Gasteiger partial charge < -0.3 is 16.0 Å². The van der Waals surface area contributed by atoms with Crippen LogP contribution in [0.4, 0.5) is 23.0 Å². The Morgan fingerprint density at radius 2 is 1.76 bits per heavy atom. The molecule has 5 nitrogen and oxygen atoms in total. The summed E-state index contributed by atoms with van der Waals surface area (Å²) in [7, 11) is 0. The first-order valence-corrected chi connectivity index (χ1v) is 8.95. The number of para-hydroxylation sites is 1. The van der Waals surface area contributed by atoms with Gasteiger partial charge in [-0.1, -0.05) is 36.4 Å². The molecule has 1 aromatic heterocycles. The van der Waals surface area contributed by atoms with E-state index in [1.165, 1.54) is 11.1 Å². The highest BCUT2D eigenvalue weighted by atomic mass is 79.9. The Hall–Kier alpha value is -2.60. The normalized spacial score (nSPS) is 13.4. The second-order valence-electron chi connectivity index (χ2n) is 6.00. The van der Waals surface area contributed by atoms with E-state index in [-0.39, 0.29) is 0 Å². The van der Waals surface area contributed by atoms with Crippen LogP contribution in [0, 0.1) is 0 Å². The summed E-state index contributed by atoms with van der Waals surface area (Å²) >= 11 is 3.53. The van der Waals surface area contributed by atoms with E-state index in [4.69, 9.17) is 5.73 Å². The summed E-state index contributed by atoms with van der Waals surface area (Å²) in [5, 5.41) is 3.29. The molecule has 4 rings (SSSR count). The van der Waals surface area contributed by atoms with Crippen LogP contribution in [0.15, 0.2) is 59.3 Å². The predicted molar refractivity (Wildman–Crippen MR) is 105 cm³/mol. The molecule has 0 spiro atoms. The fourth-order valence-electron chi connectivity index (χ4n) is 3.10. The smallest absolute Gasteiger partial charge is 0.159 e. The Bertz CT molecular complexity index is 912. The van der Waals surface area contributed by atoms with Gasteiger partial charge >= 0.3 is 0 Å². The van der Waals surface area contributed by atoms with Crippen LogP contribution in [0.1, 0.15) is 11.1 Å². The molecule has 0 atom stereocenters. The van der Waals surface area contributed by atoms with Gasteiger partial charge in [0.2, 0.25) is 0 Å². The largest absolute Gasteiger partial charge is 0.393 e. The van der Waals surface area contributed by atoms with Gasteiger partial charge in [-0.25, -0.2) is 9.97 Å². The Morgan fingerprint density at radius 3 is 2.60 bits per heavy atom. The Balaban J connectivity index is 1.63. The summed E-state index contributed by atoms with van der Waals surface area (Å²) in [6, 6.07) is 16.4. The van der Waals surface area contributed by atoms with Gasteiger partial charge in [-0.3, -0.25) is 0 Å². The minimum atomic E-state index is 0.567. The minimum Gasteiger partial charge on any atom is -0.393 e. The molecule has 126 valence electrons. The highest BCUT2D eigenvalue weighted by Gasteiger charge is 2.20. The Morgan fingerprint density at radius 1 is 1.00 bits per heavy atom. The van der Waals surface area contributed by atoms with Crippen molar-refractivity contribution in [2.24, 2.45) is 0 Å². The molecule has 0 saturated carbocycles. The lowest BCUT2D eigenvalue weighted by Gasteiger charge is -2.30. The van der Waals surface area contributed by atoms with Gasteiger partial charge in [0, 0.05) is 17.6 Å². The number of hydrogen-bond acceptors (Lipinski definition) is 5. The summed E-state index contributed by atoms with van der Waals surface area (Å²) in [4.78, 5) is 11.0. The SMILES string of the molecule is Nc1c(Nc2ccccc2Br)ncnc1N1CCc2ccccc2C1. The van der Waals surface area contributed by atoms with Gasteiger partial charge in [0.15, 0.2) is 11.6 Å². The summed E-state index contributed by atoms with van der Waals surface area (Å²) in [6.07, 6.45) is 2.55. The van der Waals surface area contributed by atoms with Gasteiger partial charge in [0.05, 0.1) is 5.69 Å². The number of anilines is 4. The van der Waals surface area contributed by atoms with Crippen LogP contribution in [0.5, 0.6) is 0 Å². The summed E-state index contributed by atoms with van der Waals surface area (Å²) in [6.45, 7) is 1.71. The van der Waals surface area contributed by atoms with Crippen LogP contribution in [0.2, 0.25) is 0 Å². The maximum Gasteiger partial charge on any atom is 0.159 e. The fraction of sp³-hybridized carbons (Fsp3) is 0.158. The zero-order valence-electron chi connectivity index (χ0n) is 13.6. The van der Waals surface area contributed by atoms with E-state index in [1.807, 2.05) is 24.3 Å². The Labute approximate surface area is 155 Å². The third kappa shape index (κ3) is 3.17. The fourth-order valence-corrected chi connectivity index (χ4v) is 3.49. The van der Waals surface area contributed by atoms with Crippen molar-refractivity contribution in [1.82, 2.24) is 9.97 Å². The standard InChI is InChI=1S/C19H18BrN5/c20-15-7-3-4-8-16(15)24-18-17(21)19(23-12-22-18)25-10-9-13-5-1-2-6-14(13)11-25/h1-8,12H,9-11,21H2,(H,22,23,24). The molecule has 3 aromatic rings. The molecule has 2 heterocycles. The van der Waals surface area contributed by atoms with E-state index in [2.05, 4.69) is 60.4 Å². The van der Waals surface area contributed by atoms with Crippen molar-refractivity contribution in [3.8, 4) is 0 Å². The highest BCUT2D eigenvalue weighted by molar-refractivity contribution is 9.10. The van der Waals surface area contributed by atoms with E-state index in [1.54, 1.807) is 6.33 Å². The molecule has 0 bridgehead atoms. The van der Waals surface area contributed by atoms with Crippen LogP contribution < -0.4 is 16.0 Å². The second-order valence-corrected chi connectivity index (χ2v) is 6.86. The molecular formula is C19H18BrN5. The van der Waals surface area contributed by atoms with Crippen LogP contribution in [0.3, 0.4) is 0 Å². The number of halogens is 1. The molecule has 1 aliphatic heterocycles. The number of rotatable bonds is 3. The Kier molecular flexibility index (Phi) is 4.28. The minimum absolute atomic E-state index is 0.567. The molecule has 1 aliphatic rings. The number of nitrogen functional groups attached to an aromatic ring is 1. The van der Waals surface area contributed by atoms with Gasteiger partial charge in [0.25, 0.3) is 0 Å². The molecule has 0 saturated heterocycles. The van der Waals surface area contributed by atoms with E-state index in [0.29, 0.717) is 11.5 Å². The maximum absolute atomic E-state index is 6.39. The number of benzene rings is 2. The first-order valence-electron chi connectivity index (χ1n) is 8.16. The van der Waals surface area contributed by atoms with Gasteiger partial charge in [-0.05, 0) is 45.6 Å². The van der Waals surface area contributed by atoms with Crippen molar-refractivity contribution in [2.75, 3.05) is 22.5 Å².